The van der Waals surface area contributed by atoms with E-state index < -0.39 is 21.9 Å². The normalized spacial score (nSPS) is 11.8. The molecule has 0 unspecified atom stereocenters. The maximum absolute atomic E-state index is 13.1. The maximum atomic E-state index is 13.1. The minimum absolute atomic E-state index is 0.0378. The van der Waals surface area contributed by atoms with E-state index in [1.165, 1.54) is 41.4 Å². The van der Waals surface area contributed by atoms with Crippen molar-refractivity contribution in [3.05, 3.63) is 67.4 Å². The summed E-state index contributed by atoms with van der Waals surface area (Å²) in [4.78, 5) is 13.6. The van der Waals surface area contributed by atoms with Crippen LogP contribution in [0.3, 0.4) is 0 Å². The quantitative estimate of drug-likeness (QED) is 0.507. The number of primary sulfonamides is 1. The molecular formula is C17H16F3N7O2S. The lowest BCUT2D eigenvalue weighted by molar-refractivity contribution is -0.140. The Hall–Kier alpha value is -3.45. The van der Waals surface area contributed by atoms with Crippen LogP contribution < -0.4 is 5.14 Å². The number of para-hydroxylation sites is 1. The highest BCUT2D eigenvalue weighted by Crippen LogP contribution is 2.33. The molecule has 3 heterocycles. The second kappa shape index (κ2) is 8.12. The van der Waals surface area contributed by atoms with E-state index in [0.29, 0.717) is 0 Å². The van der Waals surface area contributed by atoms with Crippen molar-refractivity contribution in [2.75, 3.05) is 0 Å². The maximum Gasteiger partial charge on any atom is 0.434 e. The molecule has 3 aromatic heterocycles. The first-order valence-electron chi connectivity index (χ1n) is 8.27. The average molecular weight is 439 g/mol. The van der Waals surface area contributed by atoms with Gasteiger partial charge in [-0.15, -0.1) is 0 Å². The number of alkyl halides is 3. The van der Waals surface area contributed by atoms with E-state index in [2.05, 4.69) is 19.9 Å². The molecule has 13 heteroatoms. The highest BCUT2D eigenvalue weighted by atomic mass is 32.2. The molecule has 0 fully saturated rings. The van der Waals surface area contributed by atoms with Crippen LogP contribution in [-0.2, 0) is 23.2 Å². The lowest BCUT2D eigenvalue weighted by Gasteiger charge is -2.11. The van der Waals surface area contributed by atoms with Gasteiger partial charge in [-0.2, -0.15) is 13.2 Å². The molecule has 0 amide bonds. The Bertz CT molecular complexity index is 1210. The summed E-state index contributed by atoms with van der Waals surface area (Å²) >= 11 is 0. The number of nitrogens with zero attached hydrogens (tertiary/aromatic N) is 5. The van der Waals surface area contributed by atoms with Crippen LogP contribution in [0.5, 0.6) is 0 Å². The molecule has 0 aliphatic rings. The molecule has 1 aromatic carbocycles. The van der Waals surface area contributed by atoms with Gasteiger partial charge in [0, 0.05) is 25.6 Å². The first kappa shape index (κ1) is 21.3. The first-order valence-corrected chi connectivity index (χ1v) is 9.82. The van der Waals surface area contributed by atoms with E-state index in [-0.39, 0.29) is 22.1 Å². The zero-order valence-corrected chi connectivity index (χ0v) is 16.3. The van der Waals surface area contributed by atoms with Gasteiger partial charge in [-0.1, -0.05) is 12.1 Å². The molecule has 0 radical (unpaired) electrons. The van der Waals surface area contributed by atoms with Gasteiger partial charge in [0.25, 0.3) is 0 Å². The summed E-state index contributed by atoms with van der Waals surface area (Å²) in [6.45, 7) is 0. The van der Waals surface area contributed by atoms with Gasteiger partial charge in [-0.25, -0.2) is 28.5 Å². The smallest absolute Gasteiger partial charge is 0.351 e. The topological polar surface area (TPSA) is 124 Å². The third-order valence-corrected chi connectivity index (χ3v) is 4.84. The number of H-pyrrole nitrogens is 1. The van der Waals surface area contributed by atoms with Gasteiger partial charge in [0.15, 0.2) is 11.5 Å². The molecule has 0 aliphatic carbocycles. The Morgan fingerprint density at radius 3 is 2.40 bits per heavy atom. The van der Waals surface area contributed by atoms with E-state index in [1.807, 2.05) is 0 Å². The van der Waals surface area contributed by atoms with Crippen LogP contribution in [0, 0.1) is 0 Å². The Balaban J connectivity index is 0.000000448. The van der Waals surface area contributed by atoms with Crippen molar-refractivity contribution in [1.29, 1.82) is 0 Å². The van der Waals surface area contributed by atoms with Crippen LogP contribution in [0.25, 0.3) is 17.2 Å². The molecular weight excluding hydrogens is 423 g/mol. The van der Waals surface area contributed by atoms with Gasteiger partial charge in [-0.05, 0) is 12.1 Å². The number of aromatic amines is 1. The number of hydrogen-bond donors (Lipinski definition) is 2. The molecule has 0 saturated carbocycles. The van der Waals surface area contributed by atoms with Gasteiger partial charge in [-0.3, -0.25) is 4.57 Å². The first-order chi connectivity index (χ1) is 14.1. The number of benzene rings is 1. The van der Waals surface area contributed by atoms with Crippen LogP contribution in [0.2, 0.25) is 0 Å². The summed E-state index contributed by atoms with van der Waals surface area (Å²) in [5.74, 6) is -0.108. The molecule has 3 N–H and O–H groups in total. The Labute approximate surface area is 169 Å². The van der Waals surface area contributed by atoms with E-state index in [0.717, 1.165) is 10.8 Å². The number of hydrogen-bond acceptors (Lipinski definition) is 5. The molecule has 0 aliphatic heterocycles. The number of rotatable bonds is 3. The minimum Gasteiger partial charge on any atom is -0.351 e. The van der Waals surface area contributed by atoms with Crippen molar-refractivity contribution >= 4 is 10.0 Å². The Morgan fingerprint density at radius 2 is 1.90 bits per heavy atom. The standard InChI is InChI=1S/C14H12F3N5O2S.C3H4N2/c1-21-8-19-6-10(21)13-20-12(14(15,16)17)7-22(13)9-4-2-3-5-11(9)25(18,23)24;1-2-5-3-4-1/h2-8H,1H3,(H2,18,23,24);1-3H,(H,4,5). The molecule has 0 atom stereocenters. The van der Waals surface area contributed by atoms with Gasteiger partial charge in [0.2, 0.25) is 10.0 Å². The van der Waals surface area contributed by atoms with E-state index >= 15 is 0 Å². The predicted molar refractivity (Wildman–Crippen MR) is 101 cm³/mol. The summed E-state index contributed by atoms with van der Waals surface area (Å²) in [6.07, 6.45) is 3.84. The molecule has 158 valence electrons. The highest BCUT2D eigenvalue weighted by Gasteiger charge is 2.36. The zero-order chi connectivity index (χ0) is 21.9. The number of imidazole rings is 3. The fraction of sp³-hybridized carbons (Fsp3) is 0.118. The molecule has 0 spiro atoms. The van der Waals surface area contributed by atoms with Crippen molar-refractivity contribution in [2.24, 2.45) is 12.2 Å². The Kier molecular flexibility index (Phi) is 5.75. The van der Waals surface area contributed by atoms with Gasteiger partial charge in [0.1, 0.15) is 10.6 Å². The molecule has 30 heavy (non-hydrogen) atoms. The average Bonchev–Trinajstić information content (AvgIpc) is 3.42. The molecule has 0 saturated heterocycles. The van der Waals surface area contributed by atoms with Crippen molar-refractivity contribution in [3.63, 3.8) is 0 Å². The summed E-state index contributed by atoms with van der Waals surface area (Å²) in [5, 5.41) is 5.18. The van der Waals surface area contributed by atoms with Crippen molar-refractivity contribution in [3.8, 4) is 17.2 Å². The zero-order valence-electron chi connectivity index (χ0n) is 15.4. The fourth-order valence-electron chi connectivity index (χ4n) is 2.57. The van der Waals surface area contributed by atoms with Crippen LogP contribution in [0.4, 0.5) is 13.2 Å². The SMILES string of the molecule is Cn1cncc1-c1nc(C(F)(F)F)cn1-c1ccccc1S(N)(=O)=O.c1c[nH]cn1. The van der Waals surface area contributed by atoms with E-state index in [1.54, 1.807) is 25.8 Å². The molecule has 9 nitrogen and oxygen atoms in total. The largest absolute Gasteiger partial charge is 0.434 e. The van der Waals surface area contributed by atoms with Crippen molar-refractivity contribution < 1.29 is 21.6 Å². The number of aromatic nitrogens is 6. The van der Waals surface area contributed by atoms with Crippen LogP contribution in [0.15, 0.2) is 66.6 Å². The summed E-state index contributed by atoms with van der Waals surface area (Å²) in [5.41, 5.74) is -0.920. The van der Waals surface area contributed by atoms with E-state index in [4.69, 9.17) is 5.14 Å². The second-order valence-corrected chi connectivity index (χ2v) is 7.51. The number of sulfonamides is 1. The number of nitrogens with one attached hydrogen (secondary N) is 1. The number of nitrogens with two attached hydrogens (primary N) is 1. The van der Waals surface area contributed by atoms with Gasteiger partial charge in [0.05, 0.1) is 24.5 Å². The molecule has 4 rings (SSSR count). The van der Waals surface area contributed by atoms with Gasteiger partial charge >= 0.3 is 6.18 Å². The van der Waals surface area contributed by atoms with Crippen LogP contribution in [0.1, 0.15) is 5.69 Å². The highest BCUT2D eigenvalue weighted by molar-refractivity contribution is 7.89. The summed E-state index contributed by atoms with van der Waals surface area (Å²) < 4.78 is 65.5. The lowest BCUT2D eigenvalue weighted by Crippen LogP contribution is -2.15. The third kappa shape index (κ3) is 4.58. The summed E-state index contributed by atoms with van der Waals surface area (Å²) in [7, 11) is -2.57. The van der Waals surface area contributed by atoms with Gasteiger partial charge < -0.3 is 9.55 Å². The lowest BCUT2D eigenvalue weighted by atomic mass is 10.3. The number of aryl methyl sites for hydroxylation is 1. The van der Waals surface area contributed by atoms with E-state index in [9.17, 15) is 21.6 Å². The van der Waals surface area contributed by atoms with Crippen LogP contribution >= 0.6 is 0 Å². The van der Waals surface area contributed by atoms with Crippen molar-refractivity contribution in [1.82, 2.24) is 29.1 Å². The van der Waals surface area contributed by atoms with Crippen LogP contribution in [-0.4, -0.2) is 37.5 Å². The fourth-order valence-corrected chi connectivity index (χ4v) is 3.29. The predicted octanol–water partition coefficient (Wildman–Crippen LogP) is 2.35. The second-order valence-electron chi connectivity index (χ2n) is 5.98. The van der Waals surface area contributed by atoms with Crippen molar-refractivity contribution in [2.45, 2.75) is 11.1 Å². The molecule has 4 aromatic rings. The minimum atomic E-state index is -4.70. The number of halogens is 3. The molecule has 0 bridgehead atoms. The monoisotopic (exact) mass is 439 g/mol. The third-order valence-electron chi connectivity index (χ3n) is 3.88. The Morgan fingerprint density at radius 1 is 1.17 bits per heavy atom. The summed E-state index contributed by atoms with van der Waals surface area (Å²) in [6, 6.07) is 5.48.